The van der Waals surface area contributed by atoms with Gasteiger partial charge in [-0.25, -0.2) is 9.78 Å². The molecule has 1 fully saturated rings. The lowest BCUT2D eigenvalue weighted by Gasteiger charge is -2.44. The van der Waals surface area contributed by atoms with Crippen molar-refractivity contribution in [3.05, 3.63) is 35.0 Å². The number of aliphatic hydroxyl groups excluding tert-OH is 1. The number of hydrogen-bond donors (Lipinski definition) is 3. The second kappa shape index (κ2) is 7.88. The third-order valence-electron chi connectivity index (χ3n) is 4.36. The monoisotopic (exact) mass is 376 g/mol. The highest BCUT2D eigenvalue weighted by atomic mass is 32.2. The van der Waals surface area contributed by atoms with Gasteiger partial charge in [-0.05, 0) is 19.1 Å². The lowest BCUT2D eigenvalue weighted by atomic mass is 9.83. The summed E-state index contributed by atoms with van der Waals surface area (Å²) in [6.07, 6.45) is 2.94. The van der Waals surface area contributed by atoms with Gasteiger partial charge >= 0.3 is 5.97 Å². The first-order valence-electron chi connectivity index (χ1n) is 8.27. The maximum atomic E-state index is 12.1. The van der Waals surface area contributed by atoms with Crippen molar-refractivity contribution in [1.82, 2.24) is 9.88 Å². The Morgan fingerprint density at radius 1 is 1.58 bits per heavy atom. The first kappa shape index (κ1) is 18.4. The Hall–Kier alpha value is -2.39. The number of hydrogen-bond acceptors (Lipinski definition) is 6. The minimum atomic E-state index is -1.10. The second-order valence-electron chi connectivity index (χ2n) is 6.07. The van der Waals surface area contributed by atoms with Crippen LogP contribution in [0.5, 0.6) is 0 Å². The molecule has 26 heavy (non-hydrogen) atoms. The number of aliphatic imine (C=N–C) groups is 1. The van der Waals surface area contributed by atoms with E-state index in [1.165, 1.54) is 16.7 Å². The van der Waals surface area contributed by atoms with E-state index in [1.54, 1.807) is 19.5 Å². The standard InChI is InChI=1S/C17H20N4O4S/c1-10(22)14-11-8-12(15(17(24)25)21(11)16(14)23)26-7-6-18-9-20-13-4-2-3-5-19-13/h2-5,9-11,14,22H,6-8H2,1H3,(H,24,25)(H,18,19,20)/t10-,11-,14-/m1/s1. The summed E-state index contributed by atoms with van der Waals surface area (Å²) >= 11 is 1.40. The van der Waals surface area contributed by atoms with Crippen LogP contribution >= 0.6 is 11.8 Å². The Morgan fingerprint density at radius 3 is 3.04 bits per heavy atom. The predicted octanol–water partition coefficient (Wildman–Crippen LogP) is 1.16. The molecule has 3 N–H and O–H groups in total. The van der Waals surface area contributed by atoms with E-state index >= 15 is 0 Å². The number of amides is 1. The number of carbonyl (C=O) groups excluding carboxylic acids is 1. The Kier molecular flexibility index (Phi) is 5.58. The van der Waals surface area contributed by atoms with Crippen molar-refractivity contribution < 1.29 is 19.8 Å². The quantitative estimate of drug-likeness (QED) is 0.270. The molecule has 1 amide bonds. The van der Waals surface area contributed by atoms with Crippen LogP contribution in [0.4, 0.5) is 5.82 Å². The Labute approximate surface area is 155 Å². The number of anilines is 1. The summed E-state index contributed by atoms with van der Waals surface area (Å²) in [7, 11) is 0. The van der Waals surface area contributed by atoms with Crippen LogP contribution in [-0.4, -0.2) is 62.8 Å². The summed E-state index contributed by atoms with van der Waals surface area (Å²) in [5.74, 6) is -0.630. The smallest absolute Gasteiger partial charge is 0.353 e. The van der Waals surface area contributed by atoms with E-state index in [4.69, 9.17) is 0 Å². The molecular formula is C17H20N4O4S. The predicted molar refractivity (Wildman–Crippen MR) is 98.8 cm³/mol. The van der Waals surface area contributed by atoms with Gasteiger partial charge in [0, 0.05) is 23.3 Å². The van der Waals surface area contributed by atoms with Gasteiger partial charge in [0.1, 0.15) is 11.5 Å². The average Bonchev–Trinajstić information content (AvgIpc) is 2.93. The van der Waals surface area contributed by atoms with E-state index in [9.17, 15) is 19.8 Å². The molecule has 0 bridgehead atoms. The largest absolute Gasteiger partial charge is 0.477 e. The zero-order valence-corrected chi connectivity index (χ0v) is 15.0. The number of carbonyl (C=O) groups is 2. The molecule has 9 heteroatoms. The summed E-state index contributed by atoms with van der Waals surface area (Å²) in [6.45, 7) is 2.06. The fraction of sp³-hybridized carbons (Fsp3) is 0.412. The summed E-state index contributed by atoms with van der Waals surface area (Å²) in [4.78, 5) is 34.0. The number of thioether (sulfide) groups is 1. The molecule has 0 spiro atoms. The van der Waals surface area contributed by atoms with E-state index in [2.05, 4.69) is 15.3 Å². The zero-order chi connectivity index (χ0) is 18.7. The van der Waals surface area contributed by atoms with Crippen molar-refractivity contribution in [1.29, 1.82) is 0 Å². The van der Waals surface area contributed by atoms with Gasteiger partial charge in [-0.3, -0.25) is 9.79 Å². The molecule has 3 atom stereocenters. The van der Waals surface area contributed by atoms with Crippen LogP contribution in [-0.2, 0) is 9.59 Å². The number of aromatic nitrogens is 1. The minimum absolute atomic E-state index is 0.0532. The molecule has 2 aliphatic rings. The van der Waals surface area contributed by atoms with Gasteiger partial charge in [0.15, 0.2) is 0 Å². The molecule has 1 aromatic heterocycles. The number of β-lactam (4-membered cyclic amide) rings is 1. The van der Waals surface area contributed by atoms with Gasteiger partial charge in [-0.1, -0.05) is 6.07 Å². The first-order valence-corrected chi connectivity index (χ1v) is 9.25. The lowest BCUT2D eigenvalue weighted by molar-refractivity contribution is -0.161. The zero-order valence-electron chi connectivity index (χ0n) is 14.2. The van der Waals surface area contributed by atoms with Gasteiger partial charge in [-0.2, -0.15) is 0 Å². The molecule has 138 valence electrons. The van der Waals surface area contributed by atoms with Crippen molar-refractivity contribution in [3.63, 3.8) is 0 Å². The molecule has 0 radical (unpaired) electrons. The minimum Gasteiger partial charge on any atom is -0.477 e. The Morgan fingerprint density at radius 2 is 2.38 bits per heavy atom. The number of rotatable bonds is 8. The van der Waals surface area contributed by atoms with E-state index in [1.807, 2.05) is 18.2 Å². The molecular weight excluding hydrogens is 356 g/mol. The van der Waals surface area contributed by atoms with Crippen LogP contribution in [0.1, 0.15) is 13.3 Å². The van der Waals surface area contributed by atoms with Crippen LogP contribution < -0.4 is 5.32 Å². The molecule has 3 rings (SSSR count). The molecule has 0 aliphatic carbocycles. The van der Waals surface area contributed by atoms with Crippen molar-refractivity contribution in [3.8, 4) is 0 Å². The molecule has 2 aliphatic heterocycles. The summed E-state index contributed by atoms with van der Waals surface area (Å²) in [5.41, 5.74) is 0.0532. The number of aliphatic hydroxyl groups is 1. The molecule has 1 aromatic rings. The van der Waals surface area contributed by atoms with Gasteiger partial charge in [0.25, 0.3) is 0 Å². The third-order valence-corrected chi connectivity index (χ3v) is 5.45. The fourth-order valence-electron chi connectivity index (χ4n) is 3.21. The topological polar surface area (TPSA) is 115 Å². The number of pyridine rings is 1. The van der Waals surface area contributed by atoms with Gasteiger partial charge in [0.05, 0.1) is 30.9 Å². The highest BCUT2D eigenvalue weighted by Gasteiger charge is 2.56. The highest BCUT2D eigenvalue weighted by molar-refractivity contribution is 8.03. The molecule has 3 heterocycles. The van der Waals surface area contributed by atoms with Gasteiger partial charge in [0.2, 0.25) is 5.91 Å². The summed E-state index contributed by atoms with van der Waals surface area (Å²) in [5, 5.41) is 22.1. The normalized spacial score (nSPS) is 23.2. The highest BCUT2D eigenvalue weighted by Crippen LogP contribution is 2.46. The van der Waals surface area contributed by atoms with E-state index < -0.39 is 18.0 Å². The number of nitrogens with zero attached hydrogens (tertiary/aromatic N) is 3. The van der Waals surface area contributed by atoms with Crippen LogP contribution in [0.3, 0.4) is 0 Å². The Bertz CT molecular complexity index is 750. The van der Waals surface area contributed by atoms with Crippen molar-refractivity contribution >= 4 is 35.8 Å². The lowest BCUT2D eigenvalue weighted by Crippen LogP contribution is -2.61. The summed E-state index contributed by atoms with van der Waals surface area (Å²) in [6, 6.07) is 5.27. The third kappa shape index (κ3) is 3.58. The molecule has 8 nitrogen and oxygen atoms in total. The average molecular weight is 376 g/mol. The SMILES string of the molecule is C[C@@H](O)[C@H]1C(=O)N2C(C(=O)O)=C(SCCN=CNc3ccccn3)C[C@H]12. The van der Waals surface area contributed by atoms with Crippen LogP contribution in [0, 0.1) is 5.92 Å². The number of aliphatic carboxylic acids is 1. The van der Waals surface area contributed by atoms with E-state index in [0.29, 0.717) is 29.4 Å². The number of carboxylic acids is 1. The maximum absolute atomic E-state index is 12.1. The van der Waals surface area contributed by atoms with Gasteiger partial charge in [-0.15, -0.1) is 11.8 Å². The summed E-state index contributed by atoms with van der Waals surface area (Å²) < 4.78 is 0. The Balaban J connectivity index is 1.53. The fourth-order valence-corrected chi connectivity index (χ4v) is 4.26. The van der Waals surface area contributed by atoms with E-state index in [0.717, 1.165) is 0 Å². The van der Waals surface area contributed by atoms with Crippen LogP contribution in [0.2, 0.25) is 0 Å². The molecule has 1 saturated heterocycles. The van der Waals surface area contributed by atoms with Crippen molar-refractivity contribution in [2.75, 3.05) is 17.6 Å². The molecule has 0 saturated carbocycles. The van der Waals surface area contributed by atoms with Crippen molar-refractivity contribution in [2.24, 2.45) is 10.9 Å². The maximum Gasteiger partial charge on any atom is 0.353 e. The molecule has 0 aromatic carbocycles. The first-order chi connectivity index (χ1) is 12.5. The van der Waals surface area contributed by atoms with Crippen molar-refractivity contribution in [2.45, 2.75) is 25.5 Å². The number of carboxylic acid groups (broad SMARTS) is 1. The molecule has 0 unspecified atom stereocenters. The second-order valence-corrected chi connectivity index (χ2v) is 7.26. The van der Waals surface area contributed by atoms with Crippen LogP contribution in [0.15, 0.2) is 40.0 Å². The number of nitrogens with one attached hydrogen (secondary N) is 1. The van der Waals surface area contributed by atoms with Gasteiger partial charge < -0.3 is 20.4 Å². The number of fused-ring (bicyclic) bond motifs is 1. The van der Waals surface area contributed by atoms with Crippen LogP contribution in [0.25, 0.3) is 0 Å². The van der Waals surface area contributed by atoms with E-state index in [-0.39, 0.29) is 17.6 Å².